The maximum absolute atomic E-state index is 12.8. The number of allylic oxidation sites excluding steroid dienone is 1. The quantitative estimate of drug-likeness (QED) is 0.0403. The smallest absolute Gasteiger partial charge is 0.394 e. The van der Waals surface area contributed by atoms with Crippen LogP contribution in [0.1, 0.15) is 117 Å². The Kier molecular flexibility index (Phi) is 22.3. The van der Waals surface area contributed by atoms with Gasteiger partial charge >= 0.3 is 10.4 Å². The van der Waals surface area contributed by atoms with Crippen molar-refractivity contribution < 1.29 is 57.0 Å². The molecule has 266 valence electrons. The molecule has 0 aromatic heterocycles. The zero-order valence-electron chi connectivity index (χ0n) is 27.0. The van der Waals surface area contributed by atoms with E-state index in [1.807, 2.05) is 0 Å². The molecule has 8 unspecified atom stereocenters. The number of nitrogens with one attached hydrogen (secondary N) is 1. The second-order valence-corrected chi connectivity index (χ2v) is 12.9. The molecule has 13 nitrogen and oxygen atoms in total. The third-order valence-electron chi connectivity index (χ3n) is 7.93. The lowest BCUT2D eigenvalue weighted by atomic mass is 9.99. The maximum atomic E-state index is 12.8. The summed E-state index contributed by atoms with van der Waals surface area (Å²) in [5.41, 5.74) is 0. The van der Waals surface area contributed by atoms with Crippen LogP contribution in [0.3, 0.4) is 0 Å². The number of aliphatic hydroxyl groups is 5. The Labute approximate surface area is 269 Å². The summed E-state index contributed by atoms with van der Waals surface area (Å²) in [6.45, 7) is 3.05. The molecule has 14 heteroatoms. The van der Waals surface area contributed by atoms with Gasteiger partial charge < -0.3 is 40.3 Å². The number of ether oxygens (including phenoxy) is 2. The number of aliphatic hydroxyl groups excluding tert-OH is 5. The van der Waals surface area contributed by atoms with E-state index < -0.39 is 78.5 Å². The number of hydrogen-bond acceptors (Lipinski definition) is 11. The van der Waals surface area contributed by atoms with Crippen molar-refractivity contribution in [2.45, 2.75) is 166 Å². The predicted molar refractivity (Wildman–Crippen MR) is 168 cm³/mol. The van der Waals surface area contributed by atoms with Gasteiger partial charge in [-0.05, 0) is 19.3 Å². The highest BCUT2D eigenvalue weighted by Crippen LogP contribution is 2.26. The molecule has 0 spiro atoms. The van der Waals surface area contributed by atoms with Gasteiger partial charge in [-0.25, -0.2) is 4.18 Å². The number of rotatable bonds is 26. The van der Waals surface area contributed by atoms with Crippen molar-refractivity contribution in [3.05, 3.63) is 12.2 Å². The van der Waals surface area contributed by atoms with Crippen molar-refractivity contribution in [2.24, 2.45) is 0 Å². The molecule has 1 amide bonds. The predicted octanol–water partition coefficient (Wildman–Crippen LogP) is 2.67. The summed E-state index contributed by atoms with van der Waals surface area (Å²) < 4.78 is 46.9. The molecule has 0 bridgehead atoms. The standard InChI is InChI=1S/C31H59NO12S/c1-3-5-7-9-11-13-15-17-19-24(34)23(32-30(38)25(35)20-18-16-14-12-10-8-6-4-2)22-42-31-28(37)29(44-45(39,40)41)27(36)26(21-33)43-31/h17,19,23-29,31,33-37H,3-16,18,20-22H2,1-2H3,(H,32,38)(H,39,40,41)/b19-17+. The fraction of sp³-hybridized carbons (Fsp3) is 0.903. The lowest BCUT2D eigenvalue weighted by Crippen LogP contribution is -2.61. The Morgan fingerprint density at radius 1 is 0.889 bits per heavy atom. The minimum Gasteiger partial charge on any atom is -0.394 e. The molecule has 1 rings (SSSR count). The van der Waals surface area contributed by atoms with E-state index in [1.54, 1.807) is 6.08 Å². The van der Waals surface area contributed by atoms with Crippen LogP contribution in [-0.2, 0) is 28.9 Å². The molecular weight excluding hydrogens is 610 g/mol. The van der Waals surface area contributed by atoms with E-state index in [-0.39, 0.29) is 6.42 Å². The summed E-state index contributed by atoms with van der Waals surface area (Å²) in [5, 5.41) is 54.4. The summed E-state index contributed by atoms with van der Waals surface area (Å²) in [4.78, 5) is 12.8. The fourth-order valence-corrected chi connectivity index (χ4v) is 5.67. The van der Waals surface area contributed by atoms with Crippen molar-refractivity contribution >= 4 is 16.3 Å². The Balaban J connectivity index is 2.82. The monoisotopic (exact) mass is 669 g/mol. The van der Waals surface area contributed by atoms with Gasteiger partial charge in [0.1, 0.15) is 30.5 Å². The number of hydrogen-bond donors (Lipinski definition) is 7. The summed E-state index contributed by atoms with van der Waals surface area (Å²) in [6, 6.07) is -1.11. The van der Waals surface area contributed by atoms with Crippen molar-refractivity contribution in [3.63, 3.8) is 0 Å². The van der Waals surface area contributed by atoms with Gasteiger partial charge in [-0.3, -0.25) is 9.35 Å². The van der Waals surface area contributed by atoms with Gasteiger partial charge in [0.2, 0.25) is 5.91 Å². The largest absolute Gasteiger partial charge is 0.397 e. The molecule has 0 radical (unpaired) electrons. The molecule has 0 saturated carbocycles. The molecule has 1 aliphatic rings. The first kappa shape index (κ1) is 41.8. The molecule has 1 fully saturated rings. The van der Waals surface area contributed by atoms with Crippen molar-refractivity contribution in [2.75, 3.05) is 13.2 Å². The molecule has 7 N–H and O–H groups in total. The second kappa shape index (κ2) is 24.0. The molecule has 8 atom stereocenters. The van der Waals surface area contributed by atoms with Crippen LogP contribution in [-0.4, -0.2) is 107 Å². The Bertz CT molecular complexity index is 905. The Hall–Kier alpha value is -1.20. The van der Waals surface area contributed by atoms with Gasteiger partial charge in [0.25, 0.3) is 0 Å². The second-order valence-electron chi connectivity index (χ2n) is 11.9. The first-order valence-corrected chi connectivity index (χ1v) is 18.0. The average Bonchev–Trinajstić information content (AvgIpc) is 2.99. The van der Waals surface area contributed by atoms with Crippen molar-refractivity contribution in [3.8, 4) is 0 Å². The van der Waals surface area contributed by atoms with Crippen LogP contribution < -0.4 is 5.32 Å². The van der Waals surface area contributed by atoms with Crippen LogP contribution in [0.4, 0.5) is 0 Å². The highest BCUT2D eigenvalue weighted by Gasteiger charge is 2.48. The molecule has 1 aliphatic heterocycles. The summed E-state index contributed by atoms with van der Waals surface area (Å²) in [6.07, 6.45) is 7.97. The zero-order chi connectivity index (χ0) is 33.7. The van der Waals surface area contributed by atoms with E-state index in [0.29, 0.717) is 12.8 Å². The van der Waals surface area contributed by atoms with Crippen LogP contribution in [0.2, 0.25) is 0 Å². The van der Waals surface area contributed by atoms with Crippen molar-refractivity contribution in [1.82, 2.24) is 5.32 Å². The van der Waals surface area contributed by atoms with E-state index in [2.05, 4.69) is 23.3 Å². The highest BCUT2D eigenvalue weighted by atomic mass is 32.3. The minimum atomic E-state index is -5.10. The number of carbonyl (C=O) groups excluding carboxylic acids is 1. The third-order valence-corrected chi connectivity index (χ3v) is 8.39. The van der Waals surface area contributed by atoms with Crippen LogP contribution in [0.25, 0.3) is 0 Å². The van der Waals surface area contributed by atoms with Gasteiger partial charge in [-0.2, -0.15) is 8.42 Å². The number of carbonyl (C=O) groups is 1. The van der Waals surface area contributed by atoms with Gasteiger partial charge in [0.15, 0.2) is 6.29 Å². The van der Waals surface area contributed by atoms with Crippen molar-refractivity contribution in [1.29, 1.82) is 0 Å². The van der Waals surface area contributed by atoms with Crippen LogP contribution in [0.5, 0.6) is 0 Å². The number of unbranched alkanes of at least 4 members (excludes halogenated alkanes) is 13. The van der Waals surface area contributed by atoms with E-state index in [9.17, 15) is 38.7 Å². The first-order chi connectivity index (χ1) is 21.4. The van der Waals surface area contributed by atoms with Gasteiger partial charge in [0, 0.05) is 0 Å². The van der Waals surface area contributed by atoms with E-state index in [4.69, 9.17) is 14.0 Å². The highest BCUT2D eigenvalue weighted by molar-refractivity contribution is 7.80. The molecule has 45 heavy (non-hydrogen) atoms. The zero-order valence-corrected chi connectivity index (χ0v) is 27.9. The average molecular weight is 670 g/mol. The summed E-state index contributed by atoms with van der Waals surface area (Å²) in [5.74, 6) is -0.712. The van der Waals surface area contributed by atoms with Gasteiger partial charge in [-0.1, -0.05) is 109 Å². The Morgan fingerprint density at radius 2 is 1.44 bits per heavy atom. The van der Waals surface area contributed by atoms with Crippen LogP contribution >= 0.6 is 0 Å². The molecular formula is C31H59NO12S. The lowest BCUT2D eigenvalue weighted by molar-refractivity contribution is -0.298. The van der Waals surface area contributed by atoms with Gasteiger partial charge in [0.05, 0.1) is 25.4 Å². The molecule has 1 heterocycles. The van der Waals surface area contributed by atoms with E-state index >= 15 is 0 Å². The maximum Gasteiger partial charge on any atom is 0.397 e. The van der Waals surface area contributed by atoms with E-state index in [0.717, 1.165) is 44.9 Å². The molecule has 1 saturated heterocycles. The first-order valence-electron chi connectivity index (χ1n) is 16.7. The molecule has 0 aliphatic carbocycles. The normalized spacial score (nSPS) is 24.5. The third kappa shape index (κ3) is 18.1. The van der Waals surface area contributed by atoms with Gasteiger partial charge in [-0.15, -0.1) is 0 Å². The lowest BCUT2D eigenvalue weighted by Gasteiger charge is -2.41. The molecule has 0 aromatic rings. The number of amides is 1. The van der Waals surface area contributed by atoms with Crippen LogP contribution in [0, 0.1) is 0 Å². The minimum absolute atomic E-state index is 0.244. The van der Waals surface area contributed by atoms with E-state index in [1.165, 1.54) is 44.6 Å². The summed E-state index contributed by atoms with van der Waals surface area (Å²) >= 11 is 0. The molecule has 0 aromatic carbocycles. The van der Waals surface area contributed by atoms with Crippen LogP contribution in [0.15, 0.2) is 12.2 Å². The Morgan fingerprint density at radius 3 is 2.00 bits per heavy atom. The SMILES string of the molecule is CCCCCCCC/C=C/C(O)C(COC1OC(CO)C(O)C(OS(=O)(=O)O)C1O)NC(=O)C(O)CCCCCCCCCC. The fourth-order valence-electron chi connectivity index (χ4n) is 5.16. The topological polar surface area (TPSA) is 212 Å². The summed E-state index contributed by atoms with van der Waals surface area (Å²) in [7, 11) is -5.10.